The SMILES string of the molecule is Cc1ccc2c(n1)C(C)(C)CN2c1ccnc(Nc2cc([N+](=O)[O-])c(N(C)CCN(C)C)cc2OC(F)F)n1. The molecule has 1 aromatic carbocycles. The molecule has 1 aliphatic heterocycles. The lowest BCUT2D eigenvalue weighted by atomic mass is 9.91. The number of pyridine rings is 1. The van der Waals surface area contributed by atoms with Crippen molar-refractivity contribution >= 4 is 34.5 Å². The number of ether oxygens (including phenoxy) is 1. The van der Waals surface area contributed by atoms with Crippen LogP contribution in [0, 0.1) is 17.0 Å². The van der Waals surface area contributed by atoms with Crippen molar-refractivity contribution in [3.63, 3.8) is 0 Å². The first-order chi connectivity index (χ1) is 18.4. The molecule has 208 valence electrons. The van der Waals surface area contributed by atoms with Crippen LogP contribution in [0.4, 0.5) is 43.3 Å². The Labute approximate surface area is 225 Å². The molecule has 0 spiro atoms. The van der Waals surface area contributed by atoms with Gasteiger partial charge in [0.1, 0.15) is 11.5 Å². The first kappa shape index (κ1) is 27.9. The van der Waals surface area contributed by atoms with E-state index in [1.807, 2.05) is 43.0 Å². The molecule has 0 saturated heterocycles. The molecular weight excluding hydrogens is 510 g/mol. The fraction of sp³-hybridized carbons (Fsp3) is 0.423. The molecule has 39 heavy (non-hydrogen) atoms. The summed E-state index contributed by atoms with van der Waals surface area (Å²) in [5.74, 6) is 0.375. The van der Waals surface area contributed by atoms with Crippen LogP contribution in [0.15, 0.2) is 36.5 Å². The average molecular weight is 543 g/mol. The highest BCUT2D eigenvalue weighted by Gasteiger charge is 2.38. The highest BCUT2D eigenvalue weighted by atomic mass is 19.3. The number of halogens is 2. The van der Waals surface area contributed by atoms with Gasteiger partial charge in [0, 0.05) is 56.1 Å². The van der Waals surface area contributed by atoms with Crippen molar-refractivity contribution in [3.05, 3.63) is 58.0 Å². The lowest BCUT2D eigenvalue weighted by Crippen LogP contribution is -2.29. The zero-order chi connectivity index (χ0) is 28.5. The van der Waals surface area contributed by atoms with Gasteiger partial charge in [-0.15, -0.1) is 0 Å². The molecule has 13 heteroatoms. The maximum atomic E-state index is 13.3. The van der Waals surface area contributed by atoms with E-state index in [1.54, 1.807) is 18.0 Å². The van der Waals surface area contributed by atoms with E-state index in [9.17, 15) is 18.9 Å². The van der Waals surface area contributed by atoms with E-state index >= 15 is 0 Å². The van der Waals surface area contributed by atoms with Gasteiger partial charge in [0.25, 0.3) is 5.69 Å². The van der Waals surface area contributed by atoms with Gasteiger partial charge < -0.3 is 24.8 Å². The van der Waals surface area contributed by atoms with Crippen LogP contribution in [0.1, 0.15) is 25.2 Å². The third-order valence-electron chi connectivity index (χ3n) is 6.45. The van der Waals surface area contributed by atoms with Gasteiger partial charge in [-0.3, -0.25) is 15.1 Å². The van der Waals surface area contributed by atoms with Gasteiger partial charge >= 0.3 is 6.61 Å². The van der Waals surface area contributed by atoms with Crippen molar-refractivity contribution in [1.29, 1.82) is 0 Å². The Morgan fingerprint density at radius 1 is 1.18 bits per heavy atom. The summed E-state index contributed by atoms with van der Waals surface area (Å²) in [5, 5.41) is 14.8. The quantitative estimate of drug-likeness (QED) is 0.281. The molecule has 11 nitrogen and oxygen atoms in total. The van der Waals surface area contributed by atoms with Gasteiger partial charge in [0.05, 0.1) is 22.0 Å². The van der Waals surface area contributed by atoms with E-state index in [4.69, 9.17) is 9.72 Å². The Bertz CT molecular complexity index is 1370. The number of likely N-dealkylation sites (N-methyl/N-ethyl adjacent to an activating group) is 2. The second-order valence-corrected chi connectivity index (χ2v) is 10.4. The van der Waals surface area contributed by atoms with Gasteiger partial charge in [0.2, 0.25) is 5.95 Å². The number of nitrogens with zero attached hydrogens (tertiary/aromatic N) is 7. The van der Waals surface area contributed by atoms with Crippen molar-refractivity contribution in [2.45, 2.75) is 32.8 Å². The number of nitro benzene ring substituents is 1. The van der Waals surface area contributed by atoms with Crippen LogP contribution >= 0.6 is 0 Å². The summed E-state index contributed by atoms with van der Waals surface area (Å²) in [4.78, 5) is 30.5. The van der Waals surface area contributed by atoms with Gasteiger partial charge in [-0.1, -0.05) is 13.8 Å². The van der Waals surface area contributed by atoms with Crippen LogP contribution < -0.4 is 19.9 Å². The van der Waals surface area contributed by atoms with E-state index in [-0.39, 0.29) is 34.2 Å². The lowest BCUT2D eigenvalue weighted by molar-refractivity contribution is -0.384. The minimum Gasteiger partial charge on any atom is -0.433 e. The molecule has 0 fully saturated rings. The normalized spacial score (nSPS) is 14.1. The Kier molecular flexibility index (Phi) is 7.82. The highest BCUT2D eigenvalue weighted by molar-refractivity contribution is 5.77. The number of hydrogen-bond donors (Lipinski definition) is 1. The molecule has 0 bridgehead atoms. The number of rotatable bonds is 10. The second-order valence-electron chi connectivity index (χ2n) is 10.4. The minimum absolute atomic E-state index is 0.0525. The minimum atomic E-state index is -3.14. The van der Waals surface area contributed by atoms with E-state index < -0.39 is 11.5 Å². The second kappa shape index (κ2) is 10.9. The molecule has 0 unspecified atom stereocenters. The fourth-order valence-corrected chi connectivity index (χ4v) is 4.48. The lowest BCUT2D eigenvalue weighted by Gasteiger charge is -2.23. The number of fused-ring (bicyclic) bond motifs is 1. The average Bonchev–Trinajstić information content (AvgIpc) is 3.13. The molecular formula is C26H32F2N8O3. The van der Waals surface area contributed by atoms with Crippen molar-refractivity contribution in [1.82, 2.24) is 19.9 Å². The number of alkyl halides is 2. The first-order valence-corrected chi connectivity index (χ1v) is 12.3. The molecule has 0 atom stereocenters. The number of aryl methyl sites for hydroxylation is 1. The third kappa shape index (κ3) is 6.14. The number of nitro groups is 1. The van der Waals surface area contributed by atoms with Gasteiger partial charge in [0.15, 0.2) is 5.75 Å². The molecule has 1 aliphatic rings. The number of benzene rings is 1. The molecule has 2 aromatic heterocycles. The zero-order valence-electron chi connectivity index (χ0n) is 22.8. The number of aromatic nitrogens is 3. The maximum Gasteiger partial charge on any atom is 0.387 e. The summed E-state index contributed by atoms with van der Waals surface area (Å²) in [6.07, 6.45) is 1.53. The van der Waals surface area contributed by atoms with Crippen LogP contribution in [0.2, 0.25) is 0 Å². The van der Waals surface area contributed by atoms with Crippen LogP contribution in [0.25, 0.3) is 0 Å². The Morgan fingerprint density at radius 3 is 2.59 bits per heavy atom. The maximum absolute atomic E-state index is 13.3. The number of hydrogen-bond acceptors (Lipinski definition) is 10. The predicted octanol–water partition coefficient (Wildman–Crippen LogP) is 4.86. The van der Waals surface area contributed by atoms with Crippen molar-refractivity contribution in [2.75, 3.05) is 55.9 Å². The summed E-state index contributed by atoms with van der Waals surface area (Å²) in [6, 6.07) is 8.05. The van der Waals surface area contributed by atoms with Crippen molar-refractivity contribution in [3.8, 4) is 5.75 Å². The van der Waals surface area contributed by atoms with Crippen molar-refractivity contribution < 1.29 is 18.4 Å². The molecule has 3 heterocycles. The fourth-order valence-electron chi connectivity index (χ4n) is 4.48. The summed E-state index contributed by atoms with van der Waals surface area (Å²) in [5.41, 5.74) is 2.38. The van der Waals surface area contributed by atoms with Crippen LogP contribution in [-0.2, 0) is 5.41 Å². The summed E-state index contributed by atoms with van der Waals surface area (Å²) in [6.45, 7) is 4.65. The summed E-state index contributed by atoms with van der Waals surface area (Å²) >= 11 is 0. The Morgan fingerprint density at radius 2 is 1.92 bits per heavy atom. The Hall–Kier alpha value is -4.13. The summed E-state index contributed by atoms with van der Waals surface area (Å²) in [7, 11) is 5.39. The standard InChI is InChI=1S/C26H32F2N8O3/c1-16-7-8-18-23(30-16)26(2,3)15-35(18)22-9-10-29-25(32-22)31-17-13-20(36(37)38)19(14-21(17)39-24(27)28)34(6)12-11-33(4)5/h7-10,13-14,24H,11-12,15H2,1-6H3,(H,29,31,32). The van der Waals surface area contributed by atoms with E-state index in [2.05, 4.69) is 29.1 Å². The molecule has 0 aliphatic carbocycles. The number of anilines is 5. The monoisotopic (exact) mass is 542 g/mol. The highest BCUT2D eigenvalue weighted by Crippen LogP contribution is 2.43. The third-order valence-corrected chi connectivity index (χ3v) is 6.45. The first-order valence-electron chi connectivity index (χ1n) is 12.3. The molecule has 4 rings (SSSR count). The zero-order valence-corrected chi connectivity index (χ0v) is 22.8. The topological polar surface area (TPSA) is 113 Å². The van der Waals surface area contributed by atoms with Crippen molar-refractivity contribution in [2.24, 2.45) is 0 Å². The molecule has 3 aromatic rings. The Balaban J connectivity index is 1.70. The van der Waals surface area contributed by atoms with Gasteiger partial charge in [-0.05, 0) is 39.2 Å². The molecule has 0 saturated carbocycles. The van der Waals surface area contributed by atoms with Crippen LogP contribution in [0.5, 0.6) is 5.75 Å². The molecule has 0 amide bonds. The molecule has 0 radical (unpaired) electrons. The largest absolute Gasteiger partial charge is 0.433 e. The predicted molar refractivity (Wildman–Crippen MR) is 146 cm³/mol. The summed E-state index contributed by atoms with van der Waals surface area (Å²) < 4.78 is 31.4. The smallest absolute Gasteiger partial charge is 0.387 e. The van der Waals surface area contributed by atoms with E-state index in [0.29, 0.717) is 25.5 Å². The van der Waals surface area contributed by atoms with Gasteiger partial charge in [-0.25, -0.2) is 4.98 Å². The van der Waals surface area contributed by atoms with Crippen LogP contribution in [-0.4, -0.2) is 72.2 Å². The molecule has 1 N–H and O–H groups in total. The van der Waals surface area contributed by atoms with E-state index in [1.165, 1.54) is 12.3 Å². The van der Waals surface area contributed by atoms with Gasteiger partial charge in [-0.2, -0.15) is 13.8 Å². The number of nitrogens with one attached hydrogen (secondary N) is 1. The van der Waals surface area contributed by atoms with E-state index in [0.717, 1.165) is 23.1 Å². The van der Waals surface area contributed by atoms with Crippen LogP contribution in [0.3, 0.4) is 0 Å².